The summed E-state index contributed by atoms with van der Waals surface area (Å²) < 4.78 is 20.3. The molecule has 0 saturated carbocycles. The number of hydrogen-bond acceptors (Lipinski definition) is 5. The van der Waals surface area contributed by atoms with Crippen molar-refractivity contribution in [1.82, 2.24) is 8.75 Å². The van der Waals surface area contributed by atoms with Crippen molar-refractivity contribution in [1.29, 1.82) is 0 Å². The van der Waals surface area contributed by atoms with E-state index in [4.69, 9.17) is 8.83 Å². The maximum absolute atomic E-state index is 5.71. The lowest BCUT2D eigenvalue weighted by Crippen LogP contribution is -1.83. The number of rotatable bonds is 2. The normalized spacial score (nSPS) is 11.3. The summed E-state index contributed by atoms with van der Waals surface area (Å²) in [7, 11) is 0. The summed E-state index contributed by atoms with van der Waals surface area (Å²) in [5.41, 5.74) is 3.61. The van der Waals surface area contributed by atoms with Crippen molar-refractivity contribution < 1.29 is 8.83 Å². The minimum absolute atomic E-state index is 0.812. The van der Waals surface area contributed by atoms with Crippen LogP contribution in [0.5, 0.6) is 0 Å². The van der Waals surface area contributed by atoms with Crippen LogP contribution in [0.1, 0.15) is 11.5 Å². The first-order valence-electron chi connectivity index (χ1n) is 6.61. The fourth-order valence-electron chi connectivity index (χ4n) is 2.42. The van der Waals surface area contributed by atoms with E-state index >= 15 is 0 Å². The summed E-state index contributed by atoms with van der Waals surface area (Å²) in [5, 5.41) is 0. The van der Waals surface area contributed by atoms with Crippen molar-refractivity contribution >= 4 is 22.8 Å². The number of fused-ring (bicyclic) bond motifs is 1. The first kappa shape index (κ1) is 12.3. The number of furan rings is 2. The van der Waals surface area contributed by atoms with Gasteiger partial charge in [-0.2, -0.15) is 8.75 Å². The summed E-state index contributed by atoms with van der Waals surface area (Å²) in [6, 6.07) is 11.8. The van der Waals surface area contributed by atoms with E-state index in [0.29, 0.717) is 0 Å². The highest BCUT2D eigenvalue weighted by Crippen LogP contribution is 2.35. The van der Waals surface area contributed by atoms with E-state index in [1.807, 2.05) is 50.2 Å². The van der Waals surface area contributed by atoms with Gasteiger partial charge in [-0.15, -0.1) is 0 Å². The molecule has 0 spiro atoms. The molecule has 3 aromatic heterocycles. The monoisotopic (exact) mass is 296 g/mol. The Balaban J connectivity index is 1.96. The first-order valence-corrected chi connectivity index (χ1v) is 7.34. The molecule has 0 amide bonds. The Hall–Kier alpha value is -2.40. The lowest BCUT2D eigenvalue weighted by molar-refractivity contribution is 0.547. The lowest BCUT2D eigenvalue weighted by Gasteiger charge is -2.02. The van der Waals surface area contributed by atoms with Crippen molar-refractivity contribution in [3.8, 4) is 22.6 Å². The van der Waals surface area contributed by atoms with Gasteiger partial charge in [0.25, 0.3) is 0 Å². The lowest BCUT2D eigenvalue weighted by atomic mass is 10.1. The largest absolute Gasteiger partial charge is 0.461 e. The molecule has 21 heavy (non-hydrogen) atoms. The number of aryl methyl sites for hydroxylation is 2. The molecule has 104 valence electrons. The Morgan fingerprint density at radius 2 is 1.19 bits per heavy atom. The highest BCUT2D eigenvalue weighted by atomic mass is 32.1. The summed E-state index contributed by atoms with van der Waals surface area (Å²) in [5.74, 6) is 3.39. The predicted octanol–water partition coefficient (Wildman–Crippen LogP) is 4.83. The quantitative estimate of drug-likeness (QED) is 0.531. The van der Waals surface area contributed by atoms with E-state index in [0.717, 1.165) is 45.2 Å². The average molecular weight is 296 g/mol. The fraction of sp³-hybridized carbons (Fsp3) is 0.125. The van der Waals surface area contributed by atoms with Gasteiger partial charge in [-0.05, 0) is 50.2 Å². The fourth-order valence-corrected chi connectivity index (χ4v) is 3.00. The zero-order chi connectivity index (χ0) is 14.4. The third kappa shape index (κ3) is 1.97. The maximum Gasteiger partial charge on any atom is 0.136 e. The number of hydrogen-bond donors (Lipinski definition) is 0. The second-order valence-corrected chi connectivity index (χ2v) is 5.47. The molecule has 0 bridgehead atoms. The summed E-state index contributed by atoms with van der Waals surface area (Å²) in [4.78, 5) is 0. The molecule has 4 aromatic rings. The van der Waals surface area contributed by atoms with Crippen LogP contribution in [-0.2, 0) is 0 Å². The molecule has 0 fully saturated rings. The van der Waals surface area contributed by atoms with Crippen LogP contribution in [-0.4, -0.2) is 8.75 Å². The van der Waals surface area contributed by atoms with E-state index < -0.39 is 0 Å². The van der Waals surface area contributed by atoms with Gasteiger partial charge in [-0.3, -0.25) is 0 Å². The SMILES string of the molecule is Cc1ccc(-c2ccc(-c3ccc(C)o3)c3nsnc23)o1. The molecule has 4 rings (SSSR count). The van der Waals surface area contributed by atoms with Gasteiger partial charge in [0, 0.05) is 11.1 Å². The van der Waals surface area contributed by atoms with Gasteiger partial charge in [-0.1, -0.05) is 0 Å². The molecule has 1 aromatic carbocycles. The van der Waals surface area contributed by atoms with Crippen LogP contribution in [0.2, 0.25) is 0 Å². The van der Waals surface area contributed by atoms with Gasteiger partial charge in [-0.25, -0.2) is 0 Å². The summed E-state index contributed by atoms with van der Waals surface area (Å²) in [6.07, 6.45) is 0. The van der Waals surface area contributed by atoms with Crippen molar-refractivity contribution in [3.05, 3.63) is 47.9 Å². The van der Waals surface area contributed by atoms with Crippen LogP contribution in [0.3, 0.4) is 0 Å². The van der Waals surface area contributed by atoms with Crippen molar-refractivity contribution in [2.45, 2.75) is 13.8 Å². The van der Waals surface area contributed by atoms with Gasteiger partial charge < -0.3 is 8.83 Å². The van der Waals surface area contributed by atoms with E-state index in [1.165, 1.54) is 11.7 Å². The van der Waals surface area contributed by atoms with Gasteiger partial charge in [0.1, 0.15) is 34.1 Å². The number of aromatic nitrogens is 2. The molecule has 0 aliphatic heterocycles. The minimum atomic E-state index is 0.812. The van der Waals surface area contributed by atoms with Gasteiger partial charge >= 0.3 is 0 Å². The zero-order valence-electron chi connectivity index (χ0n) is 11.6. The predicted molar refractivity (Wildman–Crippen MR) is 82.3 cm³/mol. The molecule has 0 radical (unpaired) electrons. The van der Waals surface area contributed by atoms with Gasteiger partial charge in [0.05, 0.1) is 11.7 Å². The molecule has 0 saturated heterocycles. The van der Waals surface area contributed by atoms with Crippen molar-refractivity contribution in [3.63, 3.8) is 0 Å². The van der Waals surface area contributed by atoms with E-state index in [2.05, 4.69) is 8.75 Å². The van der Waals surface area contributed by atoms with Crippen LogP contribution in [0.25, 0.3) is 33.7 Å². The van der Waals surface area contributed by atoms with Gasteiger partial charge in [0.2, 0.25) is 0 Å². The second kappa shape index (κ2) is 4.56. The third-order valence-electron chi connectivity index (χ3n) is 3.43. The van der Waals surface area contributed by atoms with E-state index in [9.17, 15) is 0 Å². The zero-order valence-corrected chi connectivity index (χ0v) is 12.4. The number of benzene rings is 1. The first-order chi connectivity index (χ1) is 10.2. The van der Waals surface area contributed by atoms with Crippen LogP contribution >= 0.6 is 11.7 Å². The smallest absolute Gasteiger partial charge is 0.136 e. The van der Waals surface area contributed by atoms with Crippen molar-refractivity contribution in [2.24, 2.45) is 0 Å². The number of nitrogens with zero attached hydrogens (tertiary/aromatic N) is 2. The minimum Gasteiger partial charge on any atom is -0.461 e. The van der Waals surface area contributed by atoms with Crippen LogP contribution in [0, 0.1) is 13.8 Å². The third-order valence-corrected chi connectivity index (χ3v) is 3.96. The summed E-state index contributed by atoms with van der Waals surface area (Å²) >= 11 is 1.20. The second-order valence-electron chi connectivity index (χ2n) is 4.94. The molecule has 0 N–H and O–H groups in total. The molecule has 5 heteroatoms. The molecule has 0 aliphatic carbocycles. The molecule has 4 nitrogen and oxygen atoms in total. The molecule has 3 heterocycles. The highest BCUT2D eigenvalue weighted by molar-refractivity contribution is 7.00. The van der Waals surface area contributed by atoms with Crippen LogP contribution in [0.4, 0.5) is 0 Å². The van der Waals surface area contributed by atoms with Gasteiger partial charge in [0.15, 0.2) is 0 Å². The maximum atomic E-state index is 5.71. The topological polar surface area (TPSA) is 52.1 Å². The molecular formula is C16H12N2O2S. The summed E-state index contributed by atoms with van der Waals surface area (Å²) in [6.45, 7) is 3.86. The van der Waals surface area contributed by atoms with Crippen LogP contribution in [0.15, 0.2) is 45.2 Å². The van der Waals surface area contributed by atoms with Crippen molar-refractivity contribution in [2.75, 3.05) is 0 Å². The Bertz CT molecular complexity index is 858. The molecule has 0 atom stereocenters. The average Bonchev–Trinajstić information content (AvgIpc) is 3.18. The Labute approximate surface area is 125 Å². The Morgan fingerprint density at radius 3 is 1.57 bits per heavy atom. The Morgan fingerprint density at radius 1 is 0.714 bits per heavy atom. The molecule has 0 unspecified atom stereocenters. The van der Waals surface area contributed by atoms with E-state index in [1.54, 1.807) is 0 Å². The molecule has 0 aliphatic rings. The Kier molecular flexibility index (Phi) is 2.68. The van der Waals surface area contributed by atoms with E-state index in [-0.39, 0.29) is 0 Å². The molecular weight excluding hydrogens is 284 g/mol. The highest BCUT2D eigenvalue weighted by Gasteiger charge is 2.16. The van der Waals surface area contributed by atoms with Crippen LogP contribution < -0.4 is 0 Å². The standard InChI is InChI=1S/C16H12N2O2S/c1-9-3-7-13(19-9)11-5-6-12(14-8-4-10(2)20-14)16-15(11)17-21-18-16/h3-8H,1-2H3.